The maximum Gasteiger partial charge on any atom is 0.330 e. The summed E-state index contributed by atoms with van der Waals surface area (Å²) in [5, 5.41) is 41.0. The van der Waals surface area contributed by atoms with E-state index in [0.29, 0.717) is 24.0 Å². The molecule has 3 rings (SSSR count). The fourth-order valence-electron chi connectivity index (χ4n) is 3.44. The fraction of sp³-hybridized carbons (Fsp3) is 0.364. The topological polar surface area (TPSA) is 136 Å². The minimum absolute atomic E-state index is 0.0317. The van der Waals surface area contributed by atoms with Crippen LogP contribution in [-0.2, 0) is 20.7 Å². The lowest BCUT2D eigenvalue weighted by atomic mass is 9.94. The molecule has 5 N–H and O–H groups in total. The normalized spacial score (nSPS) is 21.9. The molecule has 30 heavy (non-hydrogen) atoms. The highest BCUT2D eigenvalue weighted by Crippen LogP contribution is 2.36. The summed E-state index contributed by atoms with van der Waals surface area (Å²) in [6, 6.07) is 11.7. The Kier molecular flexibility index (Phi) is 6.71. The molecule has 1 amide bonds. The second kappa shape index (κ2) is 9.25. The molecule has 1 aliphatic heterocycles. The van der Waals surface area contributed by atoms with Crippen LogP contribution in [0.5, 0.6) is 5.75 Å². The van der Waals surface area contributed by atoms with Crippen molar-refractivity contribution < 1.29 is 34.8 Å². The van der Waals surface area contributed by atoms with E-state index in [1.54, 1.807) is 36.4 Å². The van der Waals surface area contributed by atoms with E-state index in [1.807, 2.05) is 0 Å². The van der Waals surface area contributed by atoms with Gasteiger partial charge in [-0.1, -0.05) is 36.4 Å². The third-order valence-corrected chi connectivity index (χ3v) is 5.19. The number of carbonyl (C=O) groups is 2. The molecule has 3 atom stereocenters. The highest BCUT2D eigenvalue weighted by molar-refractivity contribution is 5.90. The van der Waals surface area contributed by atoms with Crippen molar-refractivity contribution in [3.63, 3.8) is 0 Å². The van der Waals surface area contributed by atoms with Gasteiger partial charge in [0.2, 0.25) is 0 Å². The van der Waals surface area contributed by atoms with Crippen molar-refractivity contribution >= 4 is 11.9 Å². The first-order valence-corrected chi connectivity index (χ1v) is 9.69. The minimum atomic E-state index is -1.86. The predicted molar refractivity (Wildman–Crippen MR) is 107 cm³/mol. The molecular weight excluding hydrogens is 390 g/mol. The average molecular weight is 415 g/mol. The number of aromatic hydroxyl groups is 1. The Labute approximate surface area is 173 Å². The molecule has 0 aliphatic carbocycles. The van der Waals surface area contributed by atoms with Gasteiger partial charge in [-0.05, 0) is 41.7 Å². The van der Waals surface area contributed by atoms with E-state index in [1.165, 1.54) is 12.1 Å². The van der Waals surface area contributed by atoms with Gasteiger partial charge in [-0.25, -0.2) is 4.79 Å². The van der Waals surface area contributed by atoms with Crippen molar-refractivity contribution in [2.45, 2.75) is 37.0 Å². The van der Waals surface area contributed by atoms with Crippen molar-refractivity contribution in [2.24, 2.45) is 0 Å². The number of amides is 1. The number of aryl methyl sites for hydroxylation is 1. The molecule has 1 fully saturated rings. The maximum absolute atomic E-state index is 12.7. The van der Waals surface area contributed by atoms with Crippen LogP contribution in [0.2, 0.25) is 0 Å². The molecule has 0 bridgehead atoms. The number of rotatable bonds is 8. The molecule has 160 valence electrons. The first-order valence-electron chi connectivity index (χ1n) is 9.69. The van der Waals surface area contributed by atoms with E-state index in [-0.39, 0.29) is 25.4 Å². The minimum Gasteiger partial charge on any atom is -0.508 e. The largest absolute Gasteiger partial charge is 0.508 e. The zero-order valence-electron chi connectivity index (χ0n) is 16.3. The smallest absolute Gasteiger partial charge is 0.330 e. The molecule has 1 saturated heterocycles. The Hall–Kier alpha value is -2.94. The van der Waals surface area contributed by atoms with Crippen LogP contribution >= 0.6 is 0 Å². The van der Waals surface area contributed by atoms with E-state index < -0.39 is 29.6 Å². The number of hydrogen-bond donors (Lipinski definition) is 5. The highest BCUT2D eigenvalue weighted by Gasteiger charge is 2.46. The molecule has 0 radical (unpaired) electrons. The summed E-state index contributed by atoms with van der Waals surface area (Å²) in [6.45, 7) is -0.196. The van der Waals surface area contributed by atoms with Gasteiger partial charge in [-0.3, -0.25) is 4.79 Å². The average Bonchev–Trinajstić information content (AvgIpc) is 3.14. The Morgan fingerprint density at radius 3 is 2.40 bits per heavy atom. The standard InChI is InChI=1S/C22H25NO7/c24-11-1-2-14-3-5-16(6-4-14)19(20(26)27)23-21(28)22(29)12-18(30-13-22)15-7-9-17(25)10-8-15/h3-10,18-19,24-25,29H,1-2,11-13H2,(H,23,28)(H,26,27)/t18?,19-,22+/m0/s1. The summed E-state index contributed by atoms with van der Waals surface area (Å²) < 4.78 is 5.56. The molecular formula is C22H25NO7. The number of nitrogens with one attached hydrogen (secondary N) is 1. The molecule has 2 aromatic carbocycles. The first-order chi connectivity index (χ1) is 14.3. The van der Waals surface area contributed by atoms with Crippen LogP contribution in [0.25, 0.3) is 0 Å². The molecule has 0 aromatic heterocycles. The molecule has 1 aliphatic rings. The Morgan fingerprint density at radius 1 is 1.13 bits per heavy atom. The van der Waals surface area contributed by atoms with Gasteiger partial charge in [0.15, 0.2) is 11.6 Å². The van der Waals surface area contributed by atoms with Crippen molar-refractivity contribution in [1.82, 2.24) is 5.32 Å². The number of aliphatic carboxylic acids is 1. The zero-order valence-corrected chi connectivity index (χ0v) is 16.3. The summed E-state index contributed by atoms with van der Waals surface area (Å²) >= 11 is 0. The van der Waals surface area contributed by atoms with Crippen LogP contribution in [-0.4, -0.2) is 51.1 Å². The van der Waals surface area contributed by atoms with Crippen molar-refractivity contribution in [2.75, 3.05) is 13.2 Å². The highest BCUT2D eigenvalue weighted by atomic mass is 16.5. The number of phenolic OH excluding ortho intramolecular Hbond substituents is 1. The molecule has 1 unspecified atom stereocenters. The summed E-state index contributed by atoms with van der Waals surface area (Å²) in [5.74, 6) is -1.97. The second-order valence-electron chi connectivity index (χ2n) is 7.44. The van der Waals surface area contributed by atoms with E-state index in [2.05, 4.69) is 5.32 Å². The molecule has 0 spiro atoms. The fourth-order valence-corrected chi connectivity index (χ4v) is 3.44. The van der Waals surface area contributed by atoms with Gasteiger partial charge in [0.1, 0.15) is 5.75 Å². The van der Waals surface area contributed by atoms with Gasteiger partial charge >= 0.3 is 5.97 Å². The van der Waals surface area contributed by atoms with E-state index in [4.69, 9.17) is 9.84 Å². The lowest BCUT2D eigenvalue weighted by Gasteiger charge is -2.23. The molecule has 8 heteroatoms. The molecule has 2 aromatic rings. The van der Waals surface area contributed by atoms with Gasteiger partial charge in [0.05, 0.1) is 12.7 Å². The molecule has 8 nitrogen and oxygen atoms in total. The number of carboxylic acid groups (broad SMARTS) is 1. The van der Waals surface area contributed by atoms with Crippen LogP contribution in [0.4, 0.5) is 0 Å². The number of hydrogen-bond acceptors (Lipinski definition) is 6. The third-order valence-electron chi connectivity index (χ3n) is 5.19. The maximum atomic E-state index is 12.7. The quantitative estimate of drug-likeness (QED) is 0.440. The van der Waals surface area contributed by atoms with Gasteiger partial charge in [0, 0.05) is 13.0 Å². The Balaban J connectivity index is 1.69. The van der Waals surface area contributed by atoms with Gasteiger partial charge < -0.3 is 30.5 Å². The number of aliphatic hydroxyl groups is 2. The van der Waals surface area contributed by atoms with E-state index in [0.717, 1.165) is 5.56 Å². The number of benzene rings is 2. The van der Waals surface area contributed by atoms with Crippen LogP contribution in [0.15, 0.2) is 48.5 Å². The zero-order chi connectivity index (χ0) is 21.7. The van der Waals surface area contributed by atoms with Gasteiger partial charge in [-0.2, -0.15) is 0 Å². The SMILES string of the molecule is O=C(O)[C@@H](NC(=O)[C@]1(O)COC(c2ccc(O)cc2)C1)c1ccc(CCCO)cc1. The van der Waals surface area contributed by atoms with Crippen molar-refractivity contribution in [3.05, 3.63) is 65.2 Å². The summed E-state index contributed by atoms with van der Waals surface area (Å²) in [7, 11) is 0. The van der Waals surface area contributed by atoms with Crippen LogP contribution in [0.3, 0.4) is 0 Å². The van der Waals surface area contributed by atoms with E-state index in [9.17, 15) is 24.9 Å². The lowest BCUT2D eigenvalue weighted by Crippen LogP contribution is -2.49. The number of carbonyl (C=O) groups excluding carboxylic acids is 1. The third kappa shape index (κ3) is 4.96. The van der Waals surface area contributed by atoms with Gasteiger partial charge in [-0.15, -0.1) is 0 Å². The first kappa shape index (κ1) is 21.8. The Morgan fingerprint density at radius 2 is 1.80 bits per heavy atom. The summed E-state index contributed by atoms with van der Waals surface area (Å²) in [4.78, 5) is 24.5. The lowest BCUT2D eigenvalue weighted by molar-refractivity contribution is -0.147. The van der Waals surface area contributed by atoms with Crippen molar-refractivity contribution in [1.29, 1.82) is 0 Å². The Bertz CT molecular complexity index is 881. The van der Waals surface area contributed by atoms with Gasteiger partial charge in [0.25, 0.3) is 5.91 Å². The van der Waals surface area contributed by atoms with E-state index >= 15 is 0 Å². The number of ether oxygens (including phenoxy) is 1. The molecule has 1 heterocycles. The number of carboxylic acids is 1. The summed E-state index contributed by atoms with van der Waals surface area (Å²) in [6.07, 6.45) is 0.691. The van der Waals surface area contributed by atoms with Crippen LogP contribution in [0, 0.1) is 0 Å². The monoisotopic (exact) mass is 415 g/mol. The van der Waals surface area contributed by atoms with Crippen LogP contribution in [0.1, 0.15) is 41.7 Å². The van der Waals surface area contributed by atoms with Crippen molar-refractivity contribution in [3.8, 4) is 5.75 Å². The summed E-state index contributed by atoms with van der Waals surface area (Å²) in [5.41, 5.74) is 0.158. The number of phenols is 1. The predicted octanol–water partition coefficient (Wildman–Crippen LogP) is 1.45. The van der Waals surface area contributed by atoms with Crippen LogP contribution < -0.4 is 5.32 Å². The second-order valence-corrected chi connectivity index (χ2v) is 7.44. The molecule has 0 saturated carbocycles. The number of aliphatic hydroxyl groups excluding tert-OH is 1.